The summed E-state index contributed by atoms with van der Waals surface area (Å²) in [5, 5.41) is 4.11. The molecule has 0 aliphatic carbocycles. The average Bonchev–Trinajstić information content (AvgIpc) is 2.89. The Bertz CT molecular complexity index is 558. The first kappa shape index (κ1) is 17.1. The van der Waals surface area contributed by atoms with Gasteiger partial charge in [0.25, 0.3) is 5.91 Å². The molecule has 0 aliphatic rings. The monoisotopic (exact) mass is 332 g/mol. The highest BCUT2D eigenvalue weighted by molar-refractivity contribution is 7.18. The lowest BCUT2D eigenvalue weighted by Crippen LogP contribution is -2.39. The average molecular weight is 333 g/mol. The van der Waals surface area contributed by atoms with E-state index >= 15 is 0 Å². The summed E-state index contributed by atoms with van der Waals surface area (Å²) in [5.41, 5.74) is 0. The third-order valence-corrected chi connectivity index (χ3v) is 3.52. The Kier molecular flexibility index (Phi) is 6.83. The van der Waals surface area contributed by atoms with E-state index < -0.39 is 24.5 Å². The van der Waals surface area contributed by atoms with Crippen molar-refractivity contribution in [3.63, 3.8) is 0 Å². The molecular weight excluding hydrogens is 320 g/mol. The van der Waals surface area contributed by atoms with Crippen molar-refractivity contribution in [1.29, 1.82) is 0 Å². The zero-order valence-electron chi connectivity index (χ0n) is 11.1. The molecule has 1 rings (SSSR count). The van der Waals surface area contributed by atoms with Gasteiger partial charge in [0.05, 0.1) is 15.6 Å². The van der Waals surface area contributed by atoms with Crippen LogP contribution in [0.15, 0.2) is 12.1 Å². The van der Waals surface area contributed by atoms with Crippen LogP contribution in [0.4, 0.5) is 4.79 Å². The van der Waals surface area contributed by atoms with Gasteiger partial charge >= 0.3 is 12.0 Å². The third-order valence-electron chi connectivity index (χ3n) is 2.25. The van der Waals surface area contributed by atoms with E-state index in [4.69, 9.17) is 11.6 Å². The zero-order valence-corrected chi connectivity index (χ0v) is 12.7. The third kappa shape index (κ3) is 6.37. The summed E-state index contributed by atoms with van der Waals surface area (Å²) in [6, 6.07) is 2.49. The number of hydrogen-bond acceptors (Lipinski definition) is 6. The molecule has 0 fully saturated rings. The van der Waals surface area contributed by atoms with Crippen molar-refractivity contribution in [2.24, 2.45) is 0 Å². The van der Waals surface area contributed by atoms with Crippen molar-refractivity contribution < 1.29 is 23.9 Å². The Morgan fingerprint density at radius 1 is 1.24 bits per heavy atom. The number of carbonyl (C=O) groups excluding carboxylic acids is 4. The molecule has 1 aromatic rings. The molecule has 1 heterocycles. The van der Waals surface area contributed by atoms with E-state index in [2.05, 4.69) is 10.1 Å². The Hall–Kier alpha value is -1.93. The van der Waals surface area contributed by atoms with Crippen molar-refractivity contribution in [2.75, 3.05) is 13.7 Å². The van der Waals surface area contributed by atoms with Gasteiger partial charge in [0.15, 0.2) is 12.4 Å². The van der Waals surface area contributed by atoms with E-state index in [-0.39, 0.29) is 18.6 Å². The van der Waals surface area contributed by atoms with Gasteiger partial charge in [-0.05, 0) is 12.1 Å². The lowest BCUT2D eigenvalue weighted by atomic mass is 10.2. The van der Waals surface area contributed by atoms with Crippen molar-refractivity contribution in [2.45, 2.75) is 12.8 Å². The van der Waals surface area contributed by atoms with Gasteiger partial charge in [0.2, 0.25) is 0 Å². The molecule has 0 spiro atoms. The Labute approximate surface area is 129 Å². The van der Waals surface area contributed by atoms with Crippen LogP contribution in [0.1, 0.15) is 22.5 Å². The summed E-state index contributed by atoms with van der Waals surface area (Å²) in [4.78, 5) is 45.5. The number of nitrogens with one attached hydrogen (secondary N) is 2. The van der Waals surface area contributed by atoms with Crippen LogP contribution in [0.5, 0.6) is 0 Å². The molecule has 2 N–H and O–H groups in total. The molecule has 114 valence electrons. The van der Waals surface area contributed by atoms with Gasteiger partial charge < -0.3 is 10.1 Å². The highest BCUT2D eigenvalue weighted by Gasteiger charge is 2.14. The first-order chi connectivity index (χ1) is 9.92. The molecule has 1 aromatic heterocycles. The van der Waals surface area contributed by atoms with Gasteiger partial charge in [0, 0.05) is 13.5 Å². The SMILES string of the molecule is CNC(=O)NC(=O)COC(=O)CCC(=O)c1ccc(Cl)s1. The first-order valence-electron chi connectivity index (χ1n) is 5.88. The van der Waals surface area contributed by atoms with Crippen LogP contribution in [0.3, 0.4) is 0 Å². The minimum atomic E-state index is -0.751. The molecular formula is C12H13ClN2O5S. The topological polar surface area (TPSA) is 102 Å². The molecule has 0 bridgehead atoms. The van der Waals surface area contributed by atoms with Crippen LogP contribution < -0.4 is 10.6 Å². The van der Waals surface area contributed by atoms with Gasteiger partial charge in [-0.3, -0.25) is 19.7 Å². The molecule has 0 saturated heterocycles. The van der Waals surface area contributed by atoms with Crippen LogP contribution >= 0.6 is 22.9 Å². The highest BCUT2D eigenvalue weighted by atomic mass is 35.5. The molecule has 0 radical (unpaired) electrons. The van der Waals surface area contributed by atoms with Crippen LogP contribution in [0.25, 0.3) is 0 Å². The first-order valence-corrected chi connectivity index (χ1v) is 7.07. The molecule has 9 heteroatoms. The van der Waals surface area contributed by atoms with Crippen LogP contribution in [-0.2, 0) is 14.3 Å². The van der Waals surface area contributed by atoms with Crippen molar-refractivity contribution in [3.05, 3.63) is 21.3 Å². The molecule has 7 nitrogen and oxygen atoms in total. The number of urea groups is 1. The van der Waals surface area contributed by atoms with Crippen molar-refractivity contribution >= 4 is 46.6 Å². The molecule has 0 unspecified atom stereocenters. The second kappa shape index (κ2) is 8.38. The number of esters is 1. The molecule has 3 amide bonds. The van der Waals surface area contributed by atoms with Gasteiger partial charge in [-0.25, -0.2) is 4.79 Å². The second-order valence-electron chi connectivity index (χ2n) is 3.81. The van der Waals surface area contributed by atoms with E-state index in [1.54, 1.807) is 12.1 Å². The summed E-state index contributed by atoms with van der Waals surface area (Å²) >= 11 is 6.83. The maximum Gasteiger partial charge on any atom is 0.321 e. The Balaban J connectivity index is 2.26. The summed E-state index contributed by atoms with van der Waals surface area (Å²) in [5.74, 6) is -1.67. The largest absolute Gasteiger partial charge is 0.456 e. The maximum atomic E-state index is 11.7. The summed E-state index contributed by atoms with van der Waals surface area (Å²) in [6.07, 6.45) is -0.186. The number of carbonyl (C=O) groups is 4. The van der Waals surface area contributed by atoms with Crippen molar-refractivity contribution in [3.8, 4) is 0 Å². The van der Waals surface area contributed by atoms with Crippen LogP contribution in [-0.4, -0.2) is 37.3 Å². The van der Waals surface area contributed by atoms with Gasteiger partial charge in [-0.15, -0.1) is 11.3 Å². The fourth-order valence-electron chi connectivity index (χ4n) is 1.25. The smallest absolute Gasteiger partial charge is 0.321 e. The number of ether oxygens (including phenoxy) is 1. The summed E-state index contributed by atoms with van der Waals surface area (Å²) in [7, 11) is 1.34. The maximum absolute atomic E-state index is 11.7. The Morgan fingerprint density at radius 3 is 2.52 bits per heavy atom. The number of halogens is 1. The number of ketones is 1. The predicted molar refractivity (Wildman–Crippen MR) is 76.5 cm³/mol. The van der Waals surface area contributed by atoms with Crippen molar-refractivity contribution in [1.82, 2.24) is 10.6 Å². The fraction of sp³-hybridized carbons (Fsp3) is 0.333. The summed E-state index contributed by atoms with van der Waals surface area (Å²) in [6.45, 7) is -0.578. The molecule has 0 atom stereocenters. The quantitative estimate of drug-likeness (QED) is 0.605. The van der Waals surface area contributed by atoms with Gasteiger partial charge in [-0.2, -0.15) is 0 Å². The van der Waals surface area contributed by atoms with Crippen LogP contribution in [0, 0.1) is 0 Å². The lowest BCUT2D eigenvalue weighted by molar-refractivity contribution is -0.148. The number of rotatable bonds is 6. The number of thiophene rings is 1. The lowest BCUT2D eigenvalue weighted by Gasteiger charge is -2.04. The molecule has 0 saturated carbocycles. The van der Waals surface area contributed by atoms with E-state index in [9.17, 15) is 19.2 Å². The molecule has 0 aliphatic heterocycles. The van der Waals surface area contributed by atoms with E-state index in [0.29, 0.717) is 9.21 Å². The minimum Gasteiger partial charge on any atom is -0.456 e. The predicted octanol–water partition coefficient (Wildman–Crippen LogP) is 1.36. The number of Topliss-reactive ketones (excluding diaryl/α,β-unsaturated/α-hetero) is 1. The number of amides is 3. The van der Waals surface area contributed by atoms with E-state index in [1.165, 1.54) is 7.05 Å². The number of hydrogen-bond donors (Lipinski definition) is 2. The van der Waals surface area contributed by atoms with Gasteiger partial charge in [-0.1, -0.05) is 11.6 Å². The van der Waals surface area contributed by atoms with Crippen LogP contribution in [0.2, 0.25) is 4.34 Å². The van der Waals surface area contributed by atoms with E-state index in [1.807, 2.05) is 5.32 Å². The highest BCUT2D eigenvalue weighted by Crippen LogP contribution is 2.22. The molecule has 21 heavy (non-hydrogen) atoms. The Morgan fingerprint density at radius 2 is 1.95 bits per heavy atom. The van der Waals surface area contributed by atoms with Gasteiger partial charge in [0.1, 0.15) is 0 Å². The number of imide groups is 1. The zero-order chi connectivity index (χ0) is 15.8. The minimum absolute atomic E-state index is 0.0350. The second-order valence-corrected chi connectivity index (χ2v) is 5.53. The summed E-state index contributed by atoms with van der Waals surface area (Å²) < 4.78 is 5.13. The normalized spacial score (nSPS) is 9.81. The standard InChI is InChI=1S/C12H13ClN2O5S/c1-14-12(19)15-10(17)6-20-11(18)5-2-7(16)8-3-4-9(13)21-8/h3-4H,2,5-6H2,1H3,(H2,14,15,17,19). The van der Waals surface area contributed by atoms with E-state index in [0.717, 1.165) is 11.3 Å². The molecule has 0 aromatic carbocycles. The fourth-order valence-corrected chi connectivity index (χ4v) is 2.26.